The molecule has 148 heavy (non-hydrogen) atoms. The van der Waals surface area contributed by atoms with Gasteiger partial charge in [-0.2, -0.15) is 0 Å². The molecule has 8 aromatic heterocycles. The molecule has 0 N–H and O–H groups in total. The third kappa shape index (κ3) is 30.8. The van der Waals surface area contributed by atoms with Gasteiger partial charge < -0.3 is 18.9 Å². The highest BCUT2D eigenvalue weighted by atomic mass is 35.5. The Morgan fingerprint density at radius 3 is 0.818 bits per heavy atom. The van der Waals surface area contributed by atoms with Crippen molar-refractivity contribution < 1.29 is 27.7 Å². The molecule has 0 aliphatic rings. The van der Waals surface area contributed by atoms with Crippen LogP contribution in [-0.4, -0.2) is 67.3 Å². The Balaban J connectivity index is 0.000000135. The predicted octanol–water partition coefficient (Wildman–Crippen LogP) is 36.1. The Hall–Kier alpha value is -16.5. The minimum atomic E-state index is -0.210. The van der Waals surface area contributed by atoms with Crippen LogP contribution in [-0.2, 0) is 0 Å². The Kier molecular flexibility index (Phi) is 40.4. The van der Waals surface area contributed by atoms with Crippen LogP contribution in [0.4, 0.5) is 8.78 Å². The van der Waals surface area contributed by atoms with Crippen LogP contribution in [0.5, 0.6) is 23.0 Å². The van der Waals surface area contributed by atoms with Crippen LogP contribution >= 0.6 is 23.2 Å². The molecule has 0 amide bonds. The average Bonchev–Trinajstić information content (AvgIpc) is 0.837. The van der Waals surface area contributed by atoms with E-state index in [4.69, 9.17) is 42.1 Å². The summed E-state index contributed by atoms with van der Waals surface area (Å²) < 4.78 is 47.1. The van der Waals surface area contributed by atoms with Gasteiger partial charge in [0.05, 0.1) is 27.4 Å². The van der Waals surface area contributed by atoms with Crippen LogP contribution in [0.2, 0.25) is 10.0 Å². The molecular formula is C132H124Cl2F2N8O4. The summed E-state index contributed by atoms with van der Waals surface area (Å²) in [6.45, 7) is 30.3. The zero-order valence-corrected chi connectivity index (χ0v) is 88.3. The maximum atomic E-state index is 12.8. The van der Waals surface area contributed by atoms with E-state index in [-0.39, 0.29) is 11.6 Å². The fraction of sp³-hybridized carbons (Fsp3) is 0.152. The number of aryl methyl sites for hydroxylation is 12. The molecule has 0 saturated heterocycles. The van der Waals surface area contributed by atoms with Crippen molar-refractivity contribution in [3.8, 4) is 23.0 Å². The largest absolute Gasteiger partial charge is 0.497 e. The van der Waals surface area contributed by atoms with E-state index in [0.29, 0.717) is 0 Å². The van der Waals surface area contributed by atoms with Crippen LogP contribution in [0, 0.1) is 94.7 Å². The number of aromatic nitrogens is 8. The van der Waals surface area contributed by atoms with E-state index in [9.17, 15) is 8.78 Å². The van der Waals surface area contributed by atoms with E-state index >= 15 is 0 Å². The second-order valence-electron chi connectivity index (χ2n) is 35.6. The quantitative estimate of drug-likeness (QED) is 0.143. The molecule has 0 atom stereocenters. The normalized spacial score (nSPS) is 10.4. The van der Waals surface area contributed by atoms with Crippen molar-refractivity contribution in [3.05, 3.63) is 503 Å². The number of methoxy groups -OCH3 is 2. The number of fused-ring (bicyclic) bond motifs is 12. The number of hydrogen-bond acceptors (Lipinski definition) is 12. The lowest BCUT2D eigenvalue weighted by molar-refractivity contribution is 0.317. The number of halogens is 4. The van der Waals surface area contributed by atoms with E-state index in [0.717, 1.165) is 137 Å². The molecule has 24 rings (SSSR count). The van der Waals surface area contributed by atoms with Crippen molar-refractivity contribution in [3.63, 3.8) is 0 Å². The lowest BCUT2D eigenvalue weighted by Crippen LogP contribution is -1.95. The first-order chi connectivity index (χ1) is 71.8. The van der Waals surface area contributed by atoms with Gasteiger partial charge >= 0.3 is 0 Å². The number of pyridine rings is 8. The molecule has 8 heterocycles. The van der Waals surface area contributed by atoms with Gasteiger partial charge in [-0.15, -0.1) is 0 Å². The van der Waals surface area contributed by atoms with Gasteiger partial charge in [0.1, 0.15) is 34.6 Å². The Labute approximate surface area is 877 Å². The second-order valence-corrected chi connectivity index (χ2v) is 36.4. The molecule has 12 nitrogen and oxygen atoms in total. The maximum absolute atomic E-state index is 12.8. The molecule has 0 fully saturated rings. The van der Waals surface area contributed by atoms with E-state index in [1.165, 1.54) is 138 Å². The minimum absolute atomic E-state index is 0.170. The van der Waals surface area contributed by atoms with Gasteiger partial charge in [0.25, 0.3) is 0 Å². The Morgan fingerprint density at radius 1 is 0.209 bits per heavy atom. The first kappa shape index (κ1) is 109. The van der Waals surface area contributed by atoms with E-state index in [2.05, 4.69) is 252 Å². The maximum Gasteiger partial charge on any atom is 0.123 e. The fourth-order valence-corrected chi connectivity index (χ4v) is 17.1. The van der Waals surface area contributed by atoms with Gasteiger partial charge in [-0.3, -0.25) is 39.9 Å². The Morgan fingerprint density at radius 2 is 0.446 bits per heavy atom. The monoisotopic (exact) mass is 1990 g/mol. The summed E-state index contributed by atoms with van der Waals surface area (Å²) >= 11 is 11.8. The fourth-order valence-electron chi connectivity index (χ4n) is 16.7. The van der Waals surface area contributed by atoms with E-state index < -0.39 is 0 Å². The Bertz CT molecular complexity index is 7730. The molecule has 0 radical (unpaired) electrons. The molecule has 0 bridgehead atoms. The molecule has 0 spiro atoms. The SMILES string of the molecule is CCCOc1ccc2cccc(C)c2c1.CCCOc1ccc2ccnc(C)c2c1.COc1ccc2cccc(C)c2c1.COc1ccc2ccnc(C)c2c1.Cc1cccc2ccc(Cl)cc12.Cc1cccc2ccc(F)cc12.Cc1cccc2ccccc12.Cc1cccc2ccncc12.Cc1nccc2ccc(Cl)cc12.Cc1nccc2ccc(F)cc12.Cc1nccc2ccccc12.Cc1nccc2ccncc12. The van der Waals surface area contributed by atoms with E-state index in [1.54, 1.807) is 44.8 Å². The summed E-state index contributed by atoms with van der Waals surface area (Å²) in [7, 11) is 3.37. The topological polar surface area (TPSA) is 140 Å². The summed E-state index contributed by atoms with van der Waals surface area (Å²) in [6, 6.07) is 116. The first-order valence-corrected chi connectivity index (χ1v) is 50.1. The molecule has 24 aromatic rings. The number of ether oxygens (including phenoxy) is 4. The number of hydrogen-bond donors (Lipinski definition) is 0. The van der Waals surface area contributed by atoms with Gasteiger partial charge in [-0.1, -0.05) is 243 Å². The van der Waals surface area contributed by atoms with Crippen molar-refractivity contribution in [2.24, 2.45) is 0 Å². The summed E-state index contributed by atoms with van der Waals surface area (Å²) in [4.78, 5) is 33.3. The molecular weight excluding hydrogens is 1870 g/mol. The van der Waals surface area contributed by atoms with E-state index in [1.807, 2.05) is 250 Å². The minimum Gasteiger partial charge on any atom is -0.497 e. The van der Waals surface area contributed by atoms with Crippen molar-refractivity contribution in [1.82, 2.24) is 39.9 Å². The summed E-state index contributed by atoms with van der Waals surface area (Å²) in [5.74, 6) is 3.32. The van der Waals surface area contributed by atoms with Crippen LogP contribution in [0.3, 0.4) is 0 Å². The highest BCUT2D eigenvalue weighted by Gasteiger charge is 2.09. The smallest absolute Gasteiger partial charge is 0.123 e. The van der Waals surface area contributed by atoms with Gasteiger partial charge in [-0.05, 0) is 366 Å². The van der Waals surface area contributed by atoms with Crippen molar-refractivity contribution in [2.45, 2.75) is 110 Å². The van der Waals surface area contributed by atoms with Gasteiger partial charge in [0.2, 0.25) is 0 Å². The van der Waals surface area contributed by atoms with Gasteiger partial charge in [0, 0.05) is 144 Å². The summed E-state index contributed by atoms with van der Waals surface area (Å²) in [5.41, 5.74) is 13.7. The zero-order chi connectivity index (χ0) is 105. The summed E-state index contributed by atoms with van der Waals surface area (Å²) in [5, 5.41) is 30.3. The van der Waals surface area contributed by atoms with Crippen LogP contribution < -0.4 is 18.9 Å². The molecule has 0 aliphatic carbocycles. The first-order valence-electron chi connectivity index (χ1n) is 49.4. The van der Waals surface area contributed by atoms with Crippen LogP contribution in [0.25, 0.3) is 129 Å². The molecule has 744 valence electrons. The van der Waals surface area contributed by atoms with Crippen molar-refractivity contribution in [2.75, 3.05) is 27.4 Å². The predicted molar refractivity (Wildman–Crippen MR) is 621 cm³/mol. The lowest BCUT2D eigenvalue weighted by Gasteiger charge is -2.07. The van der Waals surface area contributed by atoms with Crippen molar-refractivity contribution >= 4 is 152 Å². The third-order valence-electron chi connectivity index (χ3n) is 25.0. The highest BCUT2D eigenvalue weighted by molar-refractivity contribution is 6.31. The standard InChI is InChI=1S/C14H16O.C13H15NO.C12H12O.C11H9Cl.C11H9F.C11H11NO.C11H10.C10H8ClN.C10H8FN.2C10H9N.C9H8N2/c1-3-9-15-13-8-7-12-6-4-5-11(2)14(12)10-13;1-3-8-15-12-5-4-11-6-7-14-10(2)13(11)9-12;1-9-4-3-5-10-6-7-11(13-2)8-12(9)10;2*1-8-3-2-4-9-5-6-10(12)7-11(8)9;1-8-11-7-10(13-2)4-3-9(11)5-6-12-8;1-9-5-4-7-10-6-2-3-8-11(9)10;2*1-7-10-6-9(11)3-2-8(10)4-5-12-7;1-8-3-2-4-9-5-6-11-7-10(8)9;1-8-10-5-3-2-4-9(10)6-7-11-8;1-7-9-6-10-4-2-8(9)3-5-11-7/h4-8,10H,3,9H2,1-2H3;4-7,9H,3,8H2,1-2H3;3-8H,1-2H3;2*2-7H,1H3;3-7H,1-2H3;2-8H,1H3;2*2-6H,1H3;2*2-7H,1H3;2-6H,1H3. The third-order valence-corrected chi connectivity index (χ3v) is 25.4. The zero-order valence-electron chi connectivity index (χ0n) is 86.8. The number of nitrogens with zero attached hydrogens (tertiary/aromatic N) is 8. The van der Waals surface area contributed by atoms with Crippen LogP contribution in [0.1, 0.15) is 94.2 Å². The molecule has 16 aromatic carbocycles. The van der Waals surface area contributed by atoms with Crippen molar-refractivity contribution in [1.29, 1.82) is 0 Å². The summed E-state index contributed by atoms with van der Waals surface area (Å²) in [6.07, 6.45) is 20.3. The average molecular weight is 2000 g/mol. The lowest BCUT2D eigenvalue weighted by atomic mass is 10.1. The number of rotatable bonds is 8. The number of benzene rings is 16. The second kappa shape index (κ2) is 55.0. The van der Waals surface area contributed by atoms with Gasteiger partial charge in [0.15, 0.2) is 0 Å². The highest BCUT2D eigenvalue weighted by Crippen LogP contribution is 2.31. The molecule has 0 unspecified atom stereocenters. The van der Waals surface area contributed by atoms with Crippen LogP contribution in [0.15, 0.2) is 414 Å². The molecule has 0 saturated carbocycles. The van der Waals surface area contributed by atoms with Gasteiger partial charge in [-0.25, -0.2) is 8.78 Å². The molecule has 16 heteroatoms. The molecule has 0 aliphatic heterocycles.